The van der Waals surface area contributed by atoms with Gasteiger partial charge in [-0.2, -0.15) is 0 Å². The lowest BCUT2D eigenvalue weighted by Gasteiger charge is -2.35. The number of piperazine rings is 1. The maximum atomic E-state index is 13.3. The van der Waals surface area contributed by atoms with Gasteiger partial charge in [-0.1, -0.05) is 29.8 Å². The molecule has 0 saturated carbocycles. The van der Waals surface area contributed by atoms with E-state index in [1.807, 2.05) is 59.2 Å². The van der Waals surface area contributed by atoms with Crippen LogP contribution in [0, 0.1) is 6.92 Å². The Morgan fingerprint density at radius 2 is 1.51 bits per heavy atom. The summed E-state index contributed by atoms with van der Waals surface area (Å²) in [6.07, 6.45) is 5.47. The SMILES string of the molecule is Cc1ccc(C(=O)N2CCCC(c3cccc(C(=O)N4CCN(c5ncccn5)CC4)c3)C2)cc1. The van der Waals surface area contributed by atoms with Gasteiger partial charge in [0.05, 0.1) is 0 Å². The number of benzene rings is 2. The Kier molecular flexibility index (Phi) is 6.75. The van der Waals surface area contributed by atoms with Crippen LogP contribution < -0.4 is 4.90 Å². The second-order valence-electron chi connectivity index (χ2n) is 9.41. The molecule has 2 aliphatic heterocycles. The first-order valence-electron chi connectivity index (χ1n) is 12.4. The molecular formula is C28H31N5O2. The lowest BCUT2D eigenvalue weighted by molar-refractivity contribution is 0.0704. The van der Waals surface area contributed by atoms with Crippen LogP contribution in [0.5, 0.6) is 0 Å². The van der Waals surface area contributed by atoms with Gasteiger partial charge in [-0.05, 0) is 55.7 Å². The molecule has 1 atom stereocenters. The number of likely N-dealkylation sites (tertiary alicyclic amines) is 1. The molecule has 3 heterocycles. The molecule has 0 aliphatic carbocycles. The Labute approximate surface area is 206 Å². The second kappa shape index (κ2) is 10.3. The fourth-order valence-electron chi connectivity index (χ4n) is 4.98. The lowest BCUT2D eigenvalue weighted by Crippen LogP contribution is -2.49. The van der Waals surface area contributed by atoms with Crippen molar-refractivity contribution in [2.75, 3.05) is 44.2 Å². The zero-order valence-electron chi connectivity index (χ0n) is 20.1. The predicted octanol–water partition coefficient (Wildman–Crippen LogP) is 3.77. The van der Waals surface area contributed by atoms with Crippen molar-refractivity contribution < 1.29 is 9.59 Å². The third kappa shape index (κ3) is 5.19. The van der Waals surface area contributed by atoms with E-state index < -0.39 is 0 Å². The quantitative estimate of drug-likeness (QED) is 0.582. The molecule has 0 radical (unpaired) electrons. The van der Waals surface area contributed by atoms with Gasteiger partial charge in [0.2, 0.25) is 5.95 Å². The fraction of sp³-hybridized carbons (Fsp3) is 0.357. The first kappa shape index (κ1) is 23.0. The monoisotopic (exact) mass is 469 g/mol. The second-order valence-corrected chi connectivity index (χ2v) is 9.41. The molecule has 35 heavy (non-hydrogen) atoms. The van der Waals surface area contributed by atoms with Gasteiger partial charge < -0.3 is 14.7 Å². The van der Waals surface area contributed by atoms with Gasteiger partial charge in [-0.15, -0.1) is 0 Å². The van der Waals surface area contributed by atoms with Crippen molar-refractivity contribution in [1.29, 1.82) is 0 Å². The minimum atomic E-state index is 0.0591. The van der Waals surface area contributed by atoms with Crippen LogP contribution in [0.1, 0.15) is 50.6 Å². The number of aryl methyl sites for hydroxylation is 1. The first-order chi connectivity index (χ1) is 17.1. The standard InChI is InChI=1S/C28H31N5O2/c1-21-8-10-22(11-9-21)26(34)33-14-3-7-25(20-33)23-5-2-6-24(19-23)27(35)31-15-17-32(18-16-31)28-29-12-4-13-30-28/h2,4-6,8-13,19,25H,3,7,14-18,20H2,1H3. The van der Waals surface area contributed by atoms with Gasteiger partial charge in [-0.3, -0.25) is 9.59 Å². The molecule has 0 spiro atoms. The van der Waals surface area contributed by atoms with E-state index in [4.69, 9.17) is 0 Å². The molecule has 3 aromatic rings. The van der Waals surface area contributed by atoms with Gasteiger partial charge >= 0.3 is 0 Å². The molecule has 5 rings (SSSR count). The third-order valence-corrected chi connectivity index (χ3v) is 7.01. The molecule has 2 amide bonds. The summed E-state index contributed by atoms with van der Waals surface area (Å²) in [5, 5.41) is 0. The van der Waals surface area contributed by atoms with E-state index >= 15 is 0 Å². The molecule has 1 aromatic heterocycles. The molecular weight excluding hydrogens is 438 g/mol. The summed E-state index contributed by atoms with van der Waals surface area (Å²) in [6, 6.07) is 17.6. The minimum absolute atomic E-state index is 0.0591. The highest BCUT2D eigenvalue weighted by atomic mass is 16.2. The van der Waals surface area contributed by atoms with Gasteiger partial charge in [-0.25, -0.2) is 9.97 Å². The van der Waals surface area contributed by atoms with Gasteiger partial charge in [0.15, 0.2) is 0 Å². The maximum Gasteiger partial charge on any atom is 0.253 e. The number of hydrogen-bond donors (Lipinski definition) is 0. The van der Waals surface area contributed by atoms with Crippen LogP contribution in [0.25, 0.3) is 0 Å². The van der Waals surface area contributed by atoms with Crippen molar-refractivity contribution in [3.63, 3.8) is 0 Å². The summed E-state index contributed by atoms with van der Waals surface area (Å²) in [5.41, 5.74) is 3.73. The van der Waals surface area contributed by atoms with Crippen LogP contribution in [0.4, 0.5) is 5.95 Å². The average Bonchev–Trinajstić information content (AvgIpc) is 2.93. The highest BCUT2D eigenvalue weighted by molar-refractivity contribution is 5.95. The van der Waals surface area contributed by atoms with Gasteiger partial charge in [0, 0.05) is 68.7 Å². The summed E-state index contributed by atoms with van der Waals surface area (Å²) in [7, 11) is 0. The number of amides is 2. The van der Waals surface area contributed by atoms with E-state index in [1.165, 1.54) is 0 Å². The van der Waals surface area contributed by atoms with Crippen molar-refractivity contribution in [3.8, 4) is 0 Å². The summed E-state index contributed by atoms with van der Waals surface area (Å²) in [4.78, 5) is 40.9. The smallest absolute Gasteiger partial charge is 0.253 e. The van der Waals surface area contributed by atoms with E-state index in [2.05, 4.69) is 20.9 Å². The van der Waals surface area contributed by atoms with Crippen LogP contribution in [0.2, 0.25) is 0 Å². The number of rotatable bonds is 4. The van der Waals surface area contributed by atoms with E-state index in [0.717, 1.165) is 36.1 Å². The van der Waals surface area contributed by atoms with E-state index in [0.29, 0.717) is 44.2 Å². The number of anilines is 1. The third-order valence-electron chi connectivity index (χ3n) is 7.01. The van der Waals surface area contributed by atoms with Crippen LogP contribution in [0.3, 0.4) is 0 Å². The van der Waals surface area contributed by atoms with Gasteiger partial charge in [0.1, 0.15) is 0 Å². The van der Waals surface area contributed by atoms with E-state index in [9.17, 15) is 9.59 Å². The Bertz CT molecular complexity index is 1170. The fourth-order valence-corrected chi connectivity index (χ4v) is 4.98. The van der Waals surface area contributed by atoms with Crippen LogP contribution in [0.15, 0.2) is 67.0 Å². The number of hydrogen-bond acceptors (Lipinski definition) is 5. The molecule has 0 N–H and O–H groups in total. The maximum absolute atomic E-state index is 13.3. The number of aromatic nitrogens is 2. The summed E-state index contributed by atoms with van der Waals surface area (Å²) in [5.74, 6) is 1.09. The molecule has 1 unspecified atom stereocenters. The summed E-state index contributed by atoms with van der Waals surface area (Å²) >= 11 is 0. The number of piperidine rings is 1. The summed E-state index contributed by atoms with van der Waals surface area (Å²) < 4.78 is 0. The first-order valence-corrected chi connectivity index (χ1v) is 12.4. The molecule has 2 saturated heterocycles. The Morgan fingerprint density at radius 1 is 0.800 bits per heavy atom. The molecule has 2 fully saturated rings. The van der Waals surface area contributed by atoms with E-state index in [1.54, 1.807) is 18.5 Å². The highest BCUT2D eigenvalue weighted by Gasteiger charge is 2.27. The zero-order chi connectivity index (χ0) is 24.2. The van der Waals surface area contributed by atoms with Crippen molar-refractivity contribution in [1.82, 2.24) is 19.8 Å². The summed E-state index contributed by atoms with van der Waals surface area (Å²) in [6.45, 7) is 6.20. The average molecular weight is 470 g/mol. The zero-order valence-corrected chi connectivity index (χ0v) is 20.1. The predicted molar refractivity (Wildman–Crippen MR) is 136 cm³/mol. The molecule has 7 heteroatoms. The largest absolute Gasteiger partial charge is 0.338 e. The normalized spacial score (nSPS) is 18.4. The highest BCUT2D eigenvalue weighted by Crippen LogP contribution is 2.29. The van der Waals surface area contributed by atoms with Crippen LogP contribution in [-0.4, -0.2) is 70.9 Å². The molecule has 2 aliphatic rings. The number of carbonyl (C=O) groups is 2. The molecule has 0 bridgehead atoms. The van der Waals surface area contributed by atoms with Crippen LogP contribution >= 0.6 is 0 Å². The Hall–Kier alpha value is -3.74. The van der Waals surface area contributed by atoms with Crippen molar-refractivity contribution >= 4 is 17.8 Å². The topological polar surface area (TPSA) is 69.6 Å². The number of carbonyl (C=O) groups excluding carboxylic acids is 2. The van der Waals surface area contributed by atoms with Crippen molar-refractivity contribution in [3.05, 3.63) is 89.2 Å². The minimum Gasteiger partial charge on any atom is -0.338 e. The van der Waals surface area contributed by atoms with E-state index in [-0.39, 0.29) is 17.7 Å². The molecule has 2 aromatic carbocycles. The Balaban J connectivity index is 1.23. The van der Waals surface area contributed by atoms with Crippen molar-refractivity contribution in [2.24, 2.45) is 0 Å². The number of nitrogens with zero attached hydrogens (tertiary/aromatic N) is 5. The molecule has 7 nitrogen and oxygen atoms in total. The van der Waals surface area contributed by atoms with Crippen LogP contribution in [-0.2, 0) is 0 Å². The van der Waals surface area contributed by atoms with Gasteiger partial charge in [0.25, 0.3) is 11.8 Å². The lowest BCUT2D eigenvalue weighted by atomic mass is 9.89. The molecule has 180 valence electrons. The Morgan fingerprint density at radius 3 is 2.26 bits per heavy atom. The van der Waals surface area contributed by atoms with Crippen molar-refractivity contribution in [2.45, 2.75) is 25.7 Å².